The molecule has 4 nitrogen and oxygen atoms in total. The lowest BCUT2D eigenvalue weighted by molar-refractivity contribution is -0.135. The first-order valence-corrected chi connectivity index (χ1v) is 7.39. The number of methoxy groups -OCH3 is 1. The average molecular weight is 304 g/mol. The number of carbonyl (C=O) groups is 1. The van der Waals surface area contributed by atoms with Gasteiger partial charge in [0.15, 0.2) is 0 Å². The third-order valence-corrected chi connectivity index (χ3v) is 3.01. The Morgan fingerprint density at radius 3 is 2.73 bits per heavy atom. The minimum absolute atomic E-state index is 0.0205. The third-order valence-electron chi connectivity index (χ3n) is 3.01. The highest BCUT2D eigenvalue weighted by molar-refractivity contribution is 5.81. The second-order valence-corrected chi connectivity index (χ2v) is 4.72. The summed E-state index contributed by atoms with van der Waals surface area (Å²) in [6, 6.07) is 10.0. The fourth-order valence-electron chi connectivity index (χ4n) is 1.78. The molecular formula is C18H24O4. The number of rotatable bonds is 10. The summed E-state index contributed by atoms with van der Waals surface area (Å²) in [5.74, 6) is -0.426. The summed E-state index contributed by atoms with van der Waals surface area (Å²) in [7, 11) is 1.33. The van der Waals surface area contributed by atoms with Crippen molar-refractivity contribution in [2.24, 2.45) is 0 Å². The van der Waals surface area contributed by atoms with Gasteiger partial charge in [0.25, 0.3) is 0 Å². The Morgan fingerprint density at radius 1 is 1.27 bits per heavy atom. The fraction of sp³-hybridized carbons (Fsp3) is 0.389. The minimum Gasteiger partial charge on any atom is -0.497 e. The molecule has 1 aromatic rings. The fourth-order valence-corrected chi connectivity index (χ4v) is 1.78. The maximum absolute atomic E-state index is 11.0. The van der Waals surface area contributed by atoms with E-state index in [4.69, 9.17) is 9.47 Å². The largest absolute Gasteiger partial charge is 0.497 e. The first kappa shape index (κ1) is 18.0. The molecule has 4 heteroatoms. The summed E-state index contributed by atoms with van der Waals surface area (Å²) in [6.45, 7) is 3.16. The van der Waals surface area contributed by atoms with Gasteiger partial charge in [0.2, 0.25) is 0 Å². The zero-order valence-corrected chi connectivity index (χ0v) is 13.2. The van der Waals surface area contributed by atoms with E-state index < -0.39 is 5.97 Å². The molecule has 0 aromatic heterocycles. The molecule has 0 bridgehead atoms. The Kier molecular flexibility index (Phi) is 9.46. The van der Waals surface area contributed by atoms with Crippen molar-refractivity contribution in [2.45, 2.75) is 32.5 Å². The molecule has 0 spiro atoms. The molecule has 0 heterocycles. The predicted octanol–water partition coefficient (Wildman–Crippen LogP) is 3.63. The van der Waals surface area contributed by atoms with E-state index in [0.717, 1.165) is 18.4 Å². The van der Waals surface area contributed by atoms with Gasteiger partial charge in [0.05, 0.1) is 32.7 Å². The number of hydrogen-bond donors (Lipinski definition) is 0. The zero-order chi connectivity index (χ0) is 16.0. The molecule has 1 unspecified atom stereocenters. The summed E-state index contributed by atoms with van der Waals surface area (Å²) in [5, 5.41) is 0. The van der Waals surface area contributed by atoms with Crippen molar-refractivity contribution in [3.63, 3.8) is 0 Å². The lowest BCUT2D eigenvalue weighted by Crippen LogP contribution is -2.12. The van der Waals surface area contributed by atoms with Gasteiger partial charge in [-0.2, -0.15) is 0 Å². The second-order valence-electron chi connectivity index (χ2n) is 4.72. The van der Waals surface area contributed by atoms with Crippen molar-refractivity contribution in [2.75, 3.05) is 13.7 Å². The molecular weight excluding hydrogens is 280 g/mol. The summed E-state index contributed by atoms with van der Waals surface area (Å²) in [5.41, 5.74) is 1.15. The van der Waals surface area contributed by atoms with Gasteiger partial charge in [-0.1, -0.05) is 42.5 Å². The van der Waals surface area contributed by atoms with Gasteiger partial charge in [-0.05, 0) is 12.5 Å². The van der Waals surface area contributed by atoms with Crippen molar-refractivity contribution in [3.8, 4) is 0 Å². The molecule has 0 saturated carbocycles. The quantitative estimate of drug-likeness (QED) is 0.218. The van der Waals surface area contributed by atoms with E-state index in [2.05, 4.69) is 4.74 Å². The number of benzene rings is 1. The number of hydrogen-bond acceptors (Lipinski definition) is 4. The van der Waals surface area contributed by atoms with Crippen LogP contribution in [0.2, 0.25) is 0 Å². The molecule has 0 fully saturated rings. The van der Waals surface area contributed by atoms with Crippen LogP contribution in [0.15, 0.2) is 54.8 Å². The van der Waals surface area contributed by atoms with Crippen LogP contribution in [0.3, 0.4) is 0 Å². The van der Waals surface area contributed by atoms with Gasteiger partial charge in [-0.3, -0.25) is 0 Å². The molecule has 1 atom stereocenters. The van der Waals surface area contributed by atoms with Gasteiger partial charge in [-0.25, -0.2) is 4.79 Å². The van der Waals surface area contributed by atoms with E-state index in [1.807, 2.05) is 49.4 Å². The maximum Gasteiger partial charge on any atom is 0.333 e. The van der Waals surface area contributed by atoms with Gasteiger partial charge >= 0.3 is 5.97 Å². The highest BCUT2D eigenvalue weighted by Crippen LogP contribution is 2.08. The molecule has 1 rings (SSSR count). The lowest BCUT2D eigenvalue weighted by atomic mass is 10.2. The highest BCUT2D eigenvalue weighted by atomic mass is 16.5. The molecule has 0 radical (unpaired) electrons. The SMILES string of the molecule is C/C=C/CC(CCOCc1ccccc1)O/C=C/C(=O)OC. The summed E-state index contributed by atoms with van der Waals surface area (Å²) < 4.78 is 15.7. The molecule has 0 amide bonds. The maximum atomic E-state index is 11.0. The Morgan fingerprint density at radius 2 is 2.05 bits per heavy atom. The van der Waals surface area contributed by atoms with Crippen LogP contribution in [0.5, 0.6) is 0 Å². The molecule has 1 aromatic carbocycles. The van der Waals surface area contributed by atoms with Crippen LogP contribution in [0.1, 0.15) is 25.3 Å². The second kappa shape index (κ2) is 11.6. The van der Waals surface area contributed by atoms with Crippen molar-refractivity contribution in [1.29, 1.82) is 0 Å². The van der Waals surface area contributed by atoms with Crippen LogP contribution in [0.4, 0.5) is 0 Å². The molecule has 22 heavy (non-hydrogen) atoms. The van der Waals surface area contributed by atoms with Crippen molar-refractivity contribution in [1.82, 2.24) is 0 Å². The first-order valence-electron chi connectivity index (χ1n) is 7.39. The van der Waals surface area contributed by atoms with E-state index in [1.165, 1.54) is 19.4 Å². The standard InChI is InChI=1S/C18H24O4/c1-3-4-10-17(22-14-12-18(19)20-2)11-13-21-15-16-8-6-5-7-9-16/h3-9,12,14,17H,10-11,13,15H2,1-2H3/b4-3+,14-12+. The molecule has 0 aliphatic carbocycles. The van der Waals surface area contributed by atoms with Gasteiger partial charge in [0.1, 0.15) is 6.10 Å². The number of carbonyl (C=O) groups excluding carboxylic acids is 1. The summed E-state index contributed by atoms with van der Waals surface area (Å²) in [4.78, 5) is 11.0. The highest BCUT2D eigenvalue weighted by Gasteiger charge is 2.07. The Hall–Kier alpha value is -2.07. The molecule has 0 aliphatic rings. The van der Waals surface area contributed by atoms with E-state index >= 15 is 0 Å². The lowest BCUT2D eigenvalue weighted by Gasteiger charge is -2.15. The van der Waals surface area contributed by atoms with Crippen molar-refractivity contribution in [3.05, 3.63) is 60.4 Å². The van der Waals surface area contributed by atoms with E-state index in [1.54, 1.807) is 0 Å². The van der Waals surface area contributed by atoms with Crippen molar-refractivity contribution < 1.29 is 19.0 Å². The van der Waals surface area contributed by atoms with Crippen LogP contribution in [-0.2, 0) is 25.6 Å². The molecule has 0 N–H and O–H groups in total. The third kappa shape index (κ3) is 8.27. The van der Waals surface area contributed by atoms with E-state index in [0.29, 0.717) is 13.2 Å². The average Bonchev–Trinajstić information content (AvgIpc) is 2.56. The minimum atomic E-state index is -0.426. The smallest absolute Gasteiger partial charge is 0.333 e. The topological polar surface area (TPSA) is 44.8 Å². The molecule has 0 aliphatic heterocycles. The Bertz CT molecular complexity index is 465. The monoisotopic (exact) mass is 304 g/mol. The van der Waals surface area contributed by atoms with E-state index in [-0.39, 0.29) is 6.10 Å². The zero-order valence-electron chi connectivity index (χ0n) is 13.2. The first-order chi connectivity index (χ1) is 10.8. The number of ether oxygens (including phenoxy) is 3. The van der Waals surface area contributed by atoms with Crippen LogP contribution in [0, 0.1) is 0 Å². The molecule has 0 saturated heterocycles. The molecule has 120 valence electrons. The number of allylic oxidation sites excluding steroid dienone is 1. The van der Waals surface area contributed by atoms with Gasteiger partial charge in [0, 0.05) is 12.8 Å². The Balaban J connectivity index is 2.31. The Labute approximate surface area is 132 Å². The van der Waals surface area contributed by atoms with Crippen LogP contribution in [0.25, 0.3) is 0 Å². The van der Waals surface area contributed by atoms with Crippen LogP contribution in [-0.4, -0.2) is 25.8 Å². The van der Waals surface area contributed by atoms with Gasteiger partial charge < -0.3 is 14.2 Å². The summed E-state index contributed by atoms with van der Waals surface area (Å²) in [6.07, 6.45) is 8.18. The van der Waals surface area contributed by atoms with Crippen molar-refractivity contribution >= 4 is 5.97 Å². The van der Waals surface area contributed by atoms with Crippen LogP contribution < -0.4 is 0 Å². The van der Waals surface area contributed by atoms with E-state index in [9.17, 15) is 4.79 Å². The summed E-state index contributed by atoms with van der Waals surface area (Å²) >= 11 is 0. The number of esters is 1. The predicted molar refractivity (Wildman–Crippen MR) is 86.2 cm³/mol. The normalized spacial score (nSPS) is 12.6. The van der Waals surface area contributed by atoms with Crippen LogP contribution >= 0.6 is 0 Å². The van der Waals surface area contributed by atoms with Gasteiger partial charge in [-0.15, -0.1) is 0 Å².